The van der Waals surface area contributed by atoms with Crippen LogP contribution in [0.2, 0.25) is 0 Å². The average Bonchev–Trinajstić information content (AvgIpc) is 2.17. The maximum Gasteiger partial charge on any atom is 0.101 e. The third-order valence-corrected chi connectivity index (χ3v) is 4.60. The van der Waals surface area contributed by atoms with Gasteiger partial charge in [0.15, 0.2) is 0 Å². The first-order valence-corrected chi connectivity index (χ1v) is 7.48. The molecule has 88 valence electrons. The van der Waals surface area contributed by atoms with Crippen molar-refractivity contribution in [2.24, 2.45) is 0 Å². The molecule has 0 spiro atoms. The molecule has 1 rings (SSSR count). The van der Waals surface area contributed by atoms with E-state index in [0.29, 0.717) is 5.88 Å². The van der Waals surface area contributed by atoms with Crippen molar-refractivity contribution in [2.45, 2.75) is 41.1 Å². The summed E-state index contributed by atoms with van der Waals surface area (Å²) in [5.74, 6) is 0.383. The van der Waals surface area contributed by atoms with Crippen LogP contribution in [0.3, 0.4) is 0 Å². The van der Waals surface area contributed by atoms with Gasteiger partial charge in [0.05, 0.1) is 14.7 Å². The Balaban J connectivity index is 2.76. The van der Waals surface area contributed by atoms with E-state index in [-0.39, 0.29) is 15.9 Å². The number of hydrogen-bond donors (Lipinski definition) is 0. The van der Waals surface area contributed by atoms with Crippen molar-refractivity contribution in [3.8, 4) is 0 Å². The lowest BCUT2D eigenvalue weighted by molar-refractivity contribution is -0.00861. The zero-order valence-electron chi connectivity index (χ0n) is 8.64. The minimum atomic E-state index is -0.508. The van der Waals surface area contributed by atoms with Gasteiger partial charge in [-0.05, 0) is 25.8 Å². The Hall–Kier alpha value is 1.24. The lowest BCUT2D eigenvalue weighted by Crippen LogP contribution is -2.43. The van der Waals surface area contributed by atoms with E-state index in [0.717, 1.165) is 6.42 Å². The van der Waals surface area contributed by atoms with Gasteiger partial charge in [-0.15, -0.1) is 23.2 Å². The topological polar surface area (TPSA) is 9.23 Å². The molecule has 1 nitrogen and oxygen atoms in total. The second-order valence-electron chi connectivity index (χ2n) is 3.98. The fourth-order valence-corrected chi connectivity index (χ4v) is 2.88. The smallest absolute Gasteiger partial charge is 0.101 e. The van der Waals surface area contributed by atoms with E-state index in [9.17, 15) is 0 Å². The summed E-state index contributed by atoms with van der Waals surface area (Å²) in [6, 6.07) is 0. The number of halogens is 4. The van der Waals surface area contributed by atoms with Crippen molar-refractivity contribution in [3.63, 3.8) is 0 Å². The Morgan fingerprint density at radius 3 is 2.73 bits per heavy atom. The van der Waals surface area contributed by atoms with Gasteiger partial charge in [-0.2, -0.15) is 0 Å². The fraction of sp³-hybridized carbons (Fsp3) is 0.800. The van der Waals surface area contributed by atoms with Crippen molar-refractivity contribution in [1.82, 2.24) is 0 Å². The Morgan fingerprint density at radius 1 is 1.67 bits per heavy atom. The van der Waals surface area contributed by atoms with Crippen LogP contribution in [0.4, 0.5) is 0 Å². The fourth-order valence-electron chi connectivity index (χ4n) is 1.48. The first-order chi connectivity index (χ1) is 6.88. The summed E-state index contributed by atoms with van der Waals surface area (Å²) in [5.41, 5.74) is 1.21. The monoisotopic (exact) mass is 378 g/mol. The Kier molecular flexibility index (Phi) is 5.46. The molecule has 0 saturated heterocycles. The molecule has 15 heavy (non-hydrogen) atoms. The molecule has 1 heterocycles. The molecule has 1 aliphatic heterocycles. The van der Waals surface area contributed by atoms with Crippen LogP contribution in [-0.2, 0) is 4.74 Å². The molecule has 0 aromatic carbocycles. The first-order valence-electron chi connectivity index (χ1n) is 4.73. The molecule has 0 amide bonds. The molecular formula is C10H14Br2Cl2O. The van der Waals surface area contributed by atoms with Gasteiger partial charge in [-0.3, -0.25) is 0 Å². The summed E-state index contributed by atoms with van der Waals surface area (Å²) in [6.45, 7) is 3.97. The van der Waals surface area contributed by atoms with E-state index in [1.807, 2.05) is 6.92 Å². The molecule has 0 fully saturated rings. The minimum Gasteiger partial charge on any atom is -0.366 e. The van der Waals surface area contributed by atoms with E-state index in [1.54, 1.807) is 0 Å². The molecule has 0 N–H and O–H groups in total. The van der Waals surface area contributed by atoms with E-state index in [1.165, 1.54) is 5.57 Å². The van der Waals surface area contributed by atoms with Crippen molar-refractivity contribution in [3.05, 3.63) is 11.6 Å². The molecule has 0 bridgehead atoms. The largest absolute Gasteiger partial charge is 0.366 e. The maximum absolute atomic E-state index is 6.30. The Labute approximate surface area is 118 Å². The van der Waals surface area contributed by atoms with Gasteiger partial charge in [0.1, 0.15) is 6.10 Å². The highest BCUT2D eigenvalue weighted by atomic mass is 79.9. The van der Waals surface area contributed by atoms with Crippen molar-refractivity contribution >= 4 is 55.1 Å². The third kappa shape index (κ3) is 3.60. The SMILES string of the molecule is CC1=CCC(C(C)(Cl)CCl)OC1C(Br)Br. The highest BCUT2D eigenvalue weighted by Crippen LogP contribution is 2.35. The summed E-state index contributed by atoms with van der Waals surface area (Å²) in [6.07, 6.45) is 2.97. The van der Waals surface area contributed by atoms with E-state index >= 15 is 0 Å². The van der Waals surface area contributed by atoms with Gasteiger partial charge in [0.2, 0.25) is 0 Å². The molecule has 5 heteroatoms. The molecule has 0 aromatic heterocycles. The molecule has 1 aliphatic rings. The summed E-state index contributed by atoms with van der Waals surface area (Å²) < 4.78 is 6.04. The summed E-state index contributed by atoms with van der Waals surface area (Å²) in [7, 11) is 0. The molecule has 0 saturated carbocycles. The molecule has 0 aliphatic carbocycles. The number of alkyl halides is 4. The van der Waals surface area contributed by atoms with Gasteiger partial charge in [-0.25, -0.2) is 0 Å². The maximum atomic E-state index is 6.30. The van der Waals surface area contributed by atoms with Crippen LogP contribution in [0.1, 0.15) is 20.3 Å². The van der Waals surface area contributed by atoms with E-state index < -0.39 is 4.87 Å². The molecule has 3 unspecified atom stereocenters. The Bertz CT molecular complexity index is 254. The van der Waals surface area contributed by atoms with Crippen molar-refractivity contribution in [2.75, 3.05) is 5.88 Å². The van der Waals surface area contributed by atoms with Gasteiger partial charge >= 0.3 is 0 Å². The predicted octanol–water partition coefficient (Wildman–Crippen LogP) is 4.44. The summed E-state index contributed by atoms with van der Waals surface area (Å²) >= 11 is 19.1. The van der Waals surface area contributed by atoms with Crippen molar-refractivity contribution in [1.29, 1.82) is 0 Å². The highest BCUT2D eigenvalue weighted by molar-refractivity contribution is 9.24. The summed E-state index contributed by atoms with van der Waals surface area (Å²) in [5, 5.41) is 0. The zero-order valence-corrected chi connectivity index (χ0v) is 13.3. The highest BCUT2D eigenvalue weighted by Gasteiger charge is 2.37. The number of hydrogen-bond acceptors (Lipinski definition) is 1. The van der Waals surface area contributed by atoms with Gasteiger partial charge in [-0.1, -0.05) is 37.9 Å². The predicted molar refractivity (Wildman–Crippen MR) is 73.7 cm³/mol. The molecular weight excluding hydrogens is 367 g/mol. The lowest BCUT2D eigenvalue weighted by atomic mass is 9.97. The lowest BCUT2D eigenvalue weighted by Gasteiger charge is -2.37. The van der Waals surface area contributed by atoms with E-state index in [4.69, 9.17) is 27.9 Å². The number of rotatable bonds is 3. The van der Waals surface area contributed by atoms with Crippen LogP contribution in [0.25, 0.3) is 0 Å². The van der Waals surface area contributed by atoms with Crippen LogP contribution >= 0.6 is 55.1 Å². The second-order valence-corrected chi connectivity index (χ2v) is 8.31. The first kappa shape index (κ1) is 14.3. The normalized spacial score (nSPS) is 31.3. The minimum absolute atomic E-state index is 0.0186. The van der Waals surface area contributed by atoms with Crippen LogP contribution in [0, 0.1) is 0 Å². The zero-order chi connectivity index (χ0) is 11.6. The van der Waals surface area contributed by atoms with Gasteiger partial charge in [0, 0.05) is 5.88 Å². The van der Waals surface area contributed by atoms with E-state index in [2.05, 4.69) is 44.9 Å². The molecule has 3 atom stereocenters. The van der Waals surface area contributed by atoms with Crippen LogP contribution in [-0.4, -0.2) is 26.7 Å². The third-order valence-electron chi connectivity index (χ3n) is 2.58. The summed E-state index contributed by atoms with van der Waals surface area (Å²) in [4.78, 5) is -0.508. The average molecular weight is 381 g/mol. The van der Waals surface area contributed by atoms with Gasteiger partial charge in [0.25, 0.3) is 0 Å². The quantitative estimate of drug-likeness (QED) is 0.519. The van der Waals surface area contributed by atoms with Crippen molar-refractivity contribution < 1.29 is 4.74 Å². The van der Waals surface area contributed by atoms with Crippen LogP contribution in [0.5, 0.6) is 0 Å². The standard InChI is InChI=1S/C10H14Br2Cl2O/c1-6-3-4-7(10(2,14)5-13)15-8(6)9(11)12/h3,7-9H,4-5H2,1-2H3. The van der Waals surface area contributed by atoms with Crippen LogP contribution in [0.15, 0.2) is 11.6 Å². The molecule has 0 aromatic rings. The second kappa shape index (κ2) is 5.72. The number of ether oxygens (including phenoxy) is 1. The van der Waals surface area contributed by atoms with Gasteiger partial charge < -0.3 is 4.74 Å². The molecule has 0 radical (unpaired) electrons. The van der Waals surface area contributed by atoms with Crippen LogP contribution < -0.4 is 0 Å². The Morgan fingerprint density at radius 2 is 2.27 bits per heavy atom.